The SMILES string of the molecule is Cc1c(C(C)N[C@@H](C)CO)cnn1C. The third-order valence-corrected chi connectivity index (χ3v) is 2.55. The van der Waals surface area contributed by atoms with Crippen LogP contribution >= 0.6 is 0 Å². The molecule has 4 heteroatoms. The molecule has 0 aliphatic rings. The molecule has 4 nitrogen and oxygen atoms in total. The Morgan fingerprint density at radius 2 is 2.21 bits per heavy atom. The summed E-state index contributed by atoms with van der Waals surface area (Å²) in [4.78, 5) is 0. The minimum Gasteiger partial charge on any atom is -0.395 e. The smallest absolute Gasteiger partial charge is 0.0582 e. The summed E-state index contributed by atoms with van der Waals surface area (Å²) < 4.78 is 1.86. The number of aromatic nitrogens is 2. The first-order valence-corrected chi connectivity index (χ1v) is 4.91. The van der Waals surface area contributed by atoms with Gasteiger partial charge in [-0.2, -0.15) is 5.10 Å². The van der Waals surface area contributed by atoms with Crippen LogP contribution in [0.2, 0.25) is 0 Å². The molecule has 2 atom stereocenters. The second-order valence-electron chi connectivity index (χ2n) is 3.78. The highest BCUT2D eigenvalue weighted by Crippen LogP contribution is 2.16. The minimum absolute atomic E-state index is 0.115. The van der Waals surface area contributed by atoms with Crippen LogP contribution in [0.4, 0.5) is 0 Å². The number of hydrogen-bond acceptors (Lipinski definition) is 3. The van der Waals surface area contributed by atoms with Crippen LogP contribution in [0.15, 0.2) is 6.20 Å². The number of rotatable bonds is 4. The van der Waals surface area contributed by atoms with E-state index in [2.05, 4.69) is 17.3 Å². The van der Waals surface area contributed by atoms with Crippen LogP contribution < -0.4 is 5.32 Å². The van der Waals surface area contributed by atoms with E-state index in [0.29, 0.717) is 0 Å². The molecule has 0 aliphatic heterocycles. The van der Waals surface area contributed by atoms with Gasteiger partial charge in [0, 0.05) is 30.4 Å². The number of aliphatic hydroxyl groups excluding tert-OH is 1. The highest BCUT2D eigenvalue weighted by atomic mass is 16.3. The predicted molar refractivity (Wildman–Crippen MR) is 56.0 cm³/mol. The van der Waals surface area contributed by atoms with Gasteiger partial charge in [0.05, 0.1) is 12.8 Å². The first-order chi connectivity index (χ1) is 6.56. The zero-order valence-corrected chi connectivity index (χ0v) is 9.28. The highest BCUT2D eigenvalue weighted by molar-refractivity contribution is 5.19. The Balaban J connectivity index is 2.69. The van der Waals surface area contributed by atoms with Crippen LogP contribution in [0.25, 0.3) is 0 Å². The van der Waals surface area contributed by atoms with Gasteiger partial charge in [0.15, 0.2) is 0 Å². The average Bonchev–Trinajstić information content (AvgIpc) is 2.47. The number of nitrogens with zero attached hydrogens (tertiary/aromatic N) is 2. The Morgan fingerprint density at radius 1 is 1.57 bits per heavy atom. The van der Waals surface area contributed by atoms with Crippen molar-refractivity contribution in [2.75, 3.05) is 6.61 Å². The van der Waals surface area contributed by atoms with Crippen LogP contribution in [-0.2, 0) is 7.05 Å². The molecule has 14 heavy (non-hydrogen) atoms. The van der Waals surface area contributed by atoms with E-state index >= 15 is 0 Å². The lowest BCUT2D eigenvalue weighted by Crippen LogP contribution is -2.31. The summed E-state index contributed by atoms with van der Waals surface area (Å²) in [7, 11) is 1.93. The maximum Gasteiger partial charge on any atom is 0.0582 e. The van der Waals surface area contributed by atoms with E-state index in [1.807, 2.05) is 31.8 Å². The van der Waals surface area contributed by atoms with Crippen molar-refractivity contribution in [1.82, 2.24) is 15.1 Å². The van der Waals surface area contributed by atoms with Gasteiger partial charge in [0.25, 0.3) is 0 Å². The molecule has 1 rings (SSSR count). The van der Waals surface area contributed by atoms with Gasteiger partial charge < -0.3 is 10.4 Å². The van der Waals surface area contributed by atoms with Gasteiger partial charge in [-0.25, -0.2) is 0 Å². The number of hydrogen-bond donors (Lipinski definition) is 2. The molecule has 0 aliphatic carbocycles. The van der Waals surface area contributed by atoms with Crippen LogP contribution in [0.5, 0.6) is 0 Å². The lowest BCUT2D eigenvalue weighted by atomic mass is 10.1. The predicted octanol–water partition coefficient (Wildman–Crippen LogP) is 0.760. The fourth-order valence-corrected chi connectivity index (χ4v) is 1.51. The van der Waals surface area contributed by atoms with E-state index in [-0.39, 0.29) is 18.7 Å². The normalized spacial score (nSPS) is 15.5. The van der Waals surface area contributed by atoms with Crippen molar-refractivity contribution < 1.29 is 5.11 Å². The molecule has 80 valence electrons. The van der Waals surface area contributed by atoms with Crippen LogP contribution in [0.3, 0.4) is 0 Å². The molecule has 0 saturated heterocycles. The fourth-order valence-electron chi connectivity index (χ4n) is 1.51. The zero-order valence-electron chi connectivity index (χ0n) is 9.28. The maximum atomic E-state index is 8.92. The van der Waals surface area contributed by atoms with Gasteiger partial charge in [-0.05, 0) is 20.8 Å². The third-order valence-electron chi connectivity index (χ3n) is 2.55. The molecule has 0 radical (unpaired) electrons. The van der Waals surface area contributed by atoms with E-state index in [9.17, 15) is 0 Å². The summed E-state index contributed by atoms with van der Waals surface area (Å²) in [6.07, 6.45) is 1.87. The molecule has 0 spiro atoms. The van der Waals surface area contributed by atoms with E-state index in [1.54, 1.807) is 0 Å². The summed E-state index contributed by atoms with van der Waals surface area (Å²) in [5, 5.41) is 16.4. The van der Waals surface area contributed by atoms with Gasteiger partial charge in [0.2, 0.25) is 0 Å². The van der Waals surface area contributed by atoms with Crippen molar-refractivity contribution in [3.05, 3.63) is 17.5 Å². The maximum absolute atomic E-state index is 8.92. The summed E-state index contributed by atoms with van der Waals surface area (Å²) in [5.41, 5.74) is 2.35. The van der Waals surface area contributed by atoms with Gasteiger partial charge in [-0.3, -0.25) is 4.68 Å². The first-order valence-electron chi connectivity index (χ1n) is 4.91. The largest absolute Gasteiger partial charge is 0.395 e. The Bertz CT molecular complexity index is 296. The van der Waals surface area contributed by atoms with Gasteiger partial charge in [-0.1, -0.05) is 0 Å². The topological polar surface area (TPSA) is 50.1 Å². The monoisotopic (exact) mass is 197 g/mol. The van der Waals surface area contributed by atoms with Crippen LogP contribution in [-0.4, -0.2) is 27.5 Å². The molecular formula is C10H19N3O. The molecule has 2 N–H and O–H groups in total. The van der Waals surface area contributed by atoms with Crippen molar-refractivity contribution in [3.63, 3.8) is 0 Å². The average molecular weight is 197 g/mol. The second kappa shape index (κ2) is 4.57. The first kappa shape index (κ1) is 11.2. The van der Waals surface area contributed by atoms with Gasteiger partial charge >= 0.3 is 0 Å². The van der Waals surface area contributed by atoms with Crippen molar-refractivity contribution in [3.8, 4) is 0 Å². The van der Waals surface area contributed by atoms with Gasteiger partial charge in [-0.15, -0.1) is 0 Å². The Kier molecular flexibility index (Phi) is 3.66. The molecule has 0 saturated carbocycles. The number of nitrogens with one attached hydrogen (secondary N) is 1. The van der Waals surface area contributed by atoms with Gasteiger partial charge in [0.1, 0.15) is 0 Å². The Hall–Kier alpha value is -0.870. The molecule has 1 aromatic heterocycles. The molecule has 0 bridgehead atoms. The fraction of sp³-hybridized carbons (Fsp3) is 0.700. The van der Waals surface area contributed by atoms with Crippen molar-refractivity contribution in [2.24, 2.45) is 7.05 Å². The number of aryl methyl sites for hydroxylation is 1. The molecule has 0 fully saturated rings. The van der Waals surface area contributed by atoms with E-state index < -0.39 is 0 Å². The zero-order chi connectivity index (χ0) is 10.7. The van der Waals surface area contributed by atoms with E-state index in [0.717, 1.165) is 5.69 Å². The van der Waals surface area contributed by atoms with E-state index in [4.69, 9.17) is 5.11 Å². The molecule has 1 unspecified atom stereocenters. The van der Waals surface area contributed by atoms with Crippen LogP contribution in [0.1, 0.15) is 31.1 Å². The lowest BCUT2D eigenvalue weighted by molar-refractivity contribution is 0.243. The standard InChI is InChI=1S/C10H19N3O/c1-7(6-14)12-8(2)10-5-11-13(4)9(10)3/h5,7-8,12,14H,6H2,1-4H3/t7-,8?/m0/s1. The summed E-state index contributed by atoms with van der Waals surface area (Å²) in [5.74, 6) is 0. The quantitative estimate of drug-likeness (QED) is 0.749. The summed E-state index contributed by atoms with van der Waals surface area (Å²) in [6, 6.07) is 0.343. The van der Waals surface area contributed by atoms with E-state index in [1.165, 1.54) is 5.56 Å². The summed E-state index contributed by atoms with van der Waals surface area (Å²) >= 11 is 0. The lowest BCUT2D eigenvalue weighted by Gasteiger charge is -2.17. The minimum atomic E-state index is 0.115. The molecule has 1 aromatic rings. The molecule has 0 aromatic carbocycles. The van der Waals surface area contributed by atoms with Crippen molar-refractivity contribution in [2.45, 2.75) is 32.9 Å². The summed E-state index contributed by atoms with van der Waals surface area (Å²) in [6.45, 7) is 6.24. The number of aliphatic hydroxyl groups is 1. The van der Waals surface area contributed by atoms with Crippen LogP contribution in [0, 0.1) is 6.92 Å². The molecule has 0 amide bonds. The highest BCUT2D eigenvalue weighted by Gasteiger charge is 2.13. The van der Waals surface area contributed by atoms with Crippen molar-refractivity contribution in [1.29, 1.82) is 0 Å². The third kappa shape index (κ3) is 2.33. The Labute approximate surface area is 84.9 Å². The molecular weight excluding hydrogens is 178 g/mol. The van der Waals surface area contributed by atoms with Crippen molar-refractivity contribution >= 4 is 0 Å². The molecule has 1 heterocycles. The second-order valence-corrected chi connectivity index (χ2v) is 3.78. The Morgan fingerprint density at radius 3 is 2.64 bits per heavy atom.